The first kappa shape index (κ1) is 13.1. The molecule has 21 heavy (non-hydrogen) atoms. The molecule has 0 fully saturated rings. The number of pyridine rings is 1. The summed E-state index contributed by atoms with van der Waals surface area (Å²) < 4.78 is 0. The van der Waals surface area contributed by atoms with Crippen LogP contribution in [0.4, 0.5) is 5.82 Å². The molecule has 5 heteroatoms. The molecule has 0 aliphatic heterocycles. The van der Waals surface area contributed by atoms with Crippen molar-refractivity contribution in [3.63, 3.8) is 0 Å². The molecule has 3 rings (SSSR count). The number of H-pyrrole nitrogens is 1. The highest BCUT2D eigenvalue weighted by molar-refractivity contribution is 5.75. The van der Waals surface area contributed by atoms with Crippen LogP contribution in [0.1, 0.15) is 5.56 Å². The van der Waals surface area contributed by atoms with E-state index in [-0.39, 0.29) is 5.56 Å². The third kappa shape index (κ3) is 2.53. The van der Waals surface area contributed by atoms with Gasteiger partial charge in [-0.2, -0.15) is 0 Å². The molecular formula is C16H14N4O. The molecule has 2 aromatic heterocycles. The van der Waals surface area contributed by atoms with Gasteiger partial charge in [-0.3, -0.25) is 4.79 Å². The van der Waals surface area contributed by atoms with Crippen LogP contribution < -0.4 is 11.3 Å². The number of nitrogens with zero attached hydrogens (tertiary/aromatic N) is 2. The van der Waals surface area contributed by atoms with Crippen molar-refractivity contribution in [3.05, 3.63) is 65.0 Å². The van der Waals surface area contributed by atoms with Crippen molar-refractivity contribution in [3.8, 4) is 22.3 Å². The molecule has 0 bridgehead atoms. The van der Waals surface area contributed by atoms with Crippen molar-refractivity contribution in [2.24, 2.45) is 0 Å². The van der Waals surface area contributed by atoms with Crippen LogP contribution in [0, 0.1) is 6.92 Å². The molecule has 0 saturated carbocycles. The molecule has 0 saturated heterocycles. The Hall–Kier alpha value is -2.95. The number of rotatable bonds is 2. The molecule has 5 nitrogen and oxygen atoms in total. The molecule has 3 aromatic rings. The Labute approximate surface area is 121 Å². The van der Waals surface area contributed by atoms with Gasteiger partial charge in [-0.15, -0.1) is 0 Å². The molecule has 0 spiro atoms. The summed E-state index contributed by atoms with van der Waals surface area (Å²) in [5, 5.41) is 0. The van der Waals surface area contributed by atoms with Crippen LogP contribution in [0.15, 0.2) is 53.8 Å². The number of anilines is 1. The summed E-state index contributed by atoms with van der Waals surface area (Å²) >= 11 is 0. The van der Waals surface area contributed by atoms with Gasteiger partial charge in [-0.1, -0.05) is 24.3 Å². The van der Waals surface area contributed by atoms with E-state index in [4.69, 9.17) is 5.73 Å². The lowest BCUT2D eigenvalue weighted by Gasteiger charge is -2.06. The van der Waals surface area contributed by atoms with Crippen LogP contribution in [0.25, 0.3) is 22.3 Å². The van der Waals surface area contributed by atoms with Gasteiger partial charge in [0.15, 0.2) is 0 Å². The molecule has 0 aliphatic rings. The monoisotopic (exact) mass is 278 g/mol. The quantitative estimate of drug-likeness (QED) is 0.753. The largest absolute Gasteiger partial charge is 0.383 e. The fourth-order valence-electron chi connectivity index (χ4n) is 2.17. The Kier molecular flexibility index (Phi) is 3.23. The van der Waals surface area contributed by atoms with Gasteiger partial charge >= 0.3 is 0 Å². The molecule has 0 radical (unpaired) electrons. The smallest absolute Gasteiger partial charge is 0.250 e. The normalized spacial score (nSPS) is 10.5. The van der Waals surface area contributed by atoms with E-state index in [0.29, 0.717) is 11.4 Å². The summed E-state index contributed by atoms with van der Waals surface area (Å²) in [7, 11) is 0. The van der Waals surface area contributed by atoms with Crippen LogP contribution in [0.3, 0.4) is 0 Å². The van der Waals surface area contributed by atoms with Gasteiger partial charge in [-0.25, -0.2) is 9.97 Å². The van der Waals surface area contributed by atoms with E-state index in [0.717, 1.165) is 22.3 Å². The van der Waals surface area contributed by atoms with Crippen LogP contribution in [-0.4, -0.2) is 15.0 Å². The number of aromatic nitrogens is 3. The first-order chi connectivity index (χ1) is 10.1. The van der Waals surface area contributed by atoms with E-state index in [1.165, 1.54) is 6.33 Å². The van der Waals surface area contributed by atoms with Crippen LogP contribution in [0.2, 0.25) is 0 Å². The first-order valence-electron chi connectivity index (χ1n) is 6.51. The lowest BCUT2D eigenvalue weighted by atomic mass is 10.0. The second-order valence-corrected chi connectivity index (χ2v) is 4.80. The zero-order valence-electron chi connectivity index (χ0n) is 11.5. The molecule has 0 amide bonds. The summed E-state index contributed by atoms with van der Waals surface area (Å²) in [6.07, 6.45) is 4.84. The molecule has 0 unspecified atom stereocenters. The van der Waals surface area contributed by atoms with E-state index in [1.807, 2.05) is 30.3 Å². The molecule has 1 aromatic carbocycles. The van der Waals surface area contributed by atoms with Crippen molar-refractivity contribution in [2.45, 2.75) is 6.92 Å². The number of benzene rings is 1. The second kappa shape index (κ2) is 5.20. The molecular weight excluding hydrogens is 264 g/mol. The molecule has 2 heterocycles. The Morgan fingerprint density at radius 1 is 1.10 bits per heavy atom. The number of nitrogen functional groups attached to an aromatic ring is 1. The summed E-state index contributed by atoms with van der Waals surface area (Å²) in [5.74, 6) is 0.456. The zero-order valence-corrected chi connectivity index (χ0v) is 11.5. The second-order valence-electron chi connectivity index (χ2n) is 4.80. The van der Waals surface area contributed by atoms with Gasteiger partial charge in [-0.05, 0) is 29.7 Å². The Balaban J connectivity index is 1.99. The highest BCUT2D eigenvalue weighted by Crippen LogP contribution is 2.26. The highest BCUT2D eigenvalue weighted by atomic mass is 16.1. The van der Waals surface area contributed by atoms with E-state index in [9.17, 15) is 4.79 Å². The zero-order chi connectivity index (χ0) is 14.8. The number of aryl methyl sites for hydroxylation is 1. The van der Waals surface area contributed by atoms with Crippen molar-refractivity contribution in [1.82, 2.24) is 15.0 Å². The molecule has 3 N–H and O–H groups in total. The SMILES string of the molecule is Cc1cc(-c2ccc(-c3cncnc3N)cc2)c[nH]c1=O. The van der Waals surface area contributed by atoms with Crippen molar-refractivity contribution >= 4 is 5.82 Å². The first-order valence-corrected chi connectivity index (χ1v) is 6.51. The molecule has 0 aliphatic carbocycles. The lowest BCUT2D eigenvalue weighted by Crippen LogP contribution is -2.07. The van der Waals surface area contributed by atoms with E-state index in [2.05, 4.69) is 15.0 Å². The third-order valence-corrected chi connectivity index (χ3v) is 3.36. The highest BCUT2D eigenvalue weighted by Gasteiger charge is 2.05. The Bertz CT molecular complexity index is 837. The van der Waals surface area contributed by atoms with Gasteiger partial charge in [0.05, 0.1) is 0 Å². The van der Waals surface area contributed by atoms with Crippen molar-refractivity contribution in [2.75, 3.05) is 5.73 Å². The fourth-order valence-corrected chi connectivity index (χ4v) is 2.17. The standard InChI is InChI=1S/C16H14N4O/c1-10-6-13(7-19-16(10)21)11-2-4-12(5-3-11)14-8-18-9-20-15(14)17/h2-9H,1H3,(H,19,21)(H2,17,18,20). The van der Waals surface area contributed by atoms with Crippen LogP contribution in [0.5, 0.6) is 0 Å². The van der Waals surface area contributed by atoms with Gasteiger partial charge in [0.1, 0.15) is 12.1 Å². The van der Waals surface area contributed by atoms with Crippen molar-refractivity contribution in [1.29, 1.82) is 0 Å². The van der Waals surface area contributed by atoms with Gasteiger partial charge < -0.3 is 10.7 Å². The third-order valence-electron chi connectivity index (χ3n) is 3.36. The summed E-state index contributed by atoms with van der Waals surface area (Å²) in [5.41, 5.74) is 10.2. The summed E-state index contributed by atoms with van der Waals surface area (Å²) in [4.78, 5) is 22.1. The van der Waals surface area contributed by atoms with E-state index in [1.54, 1.807) is 19.3 Å². The Morgan fingerprint density at radius 2 is 1.81 bits per heavy atom. The van der Waals surface area contributed by atoms with Crippen LogP contribution >= 0.6 is 0 Å². The number of nitrogens with two attached hydrogens (primary N) is 1. The minimum Gasteiger partial charge on any atom is -0.383 e. The van der Waals surface area contributed by atoms with Gasteiger partial charge in [0.2, 0.25) is 0 Å². The van der Waals surface area contributed by atoms with E-state index < -0.39 is 0 Å². The van der Waals surface area contributed by atoms with Gasteiger partial charge in [0.25, 0.3) is 5.56 Å². The lowest BCUT2D eigenvalue weighted by molar-refractivity contribution is 1.18. The maximum atomic E-state index is 11.4. The Morgan fingerprint density at radius 3 is 2.48 bits per heavy atom. The summed E-state index contributed by atoms with van der Waals surface area (Å²) in [6, 6.07) is 9.76. The molecule has 0 atom stereocenters. The van der Waals surface area contributed by atoms with Crippen molar-refractivity contribution < 1.29 is 0 Å². The molecule has 104 valence electrons. The maximum absolute atomic E-state index is 11.4. The summed E-state index contributed by atoms with van der Waals surface area (Å²) in [6.45, 7) is 1.79. The number of hydrogen-bond acceptors (Lipinski definition) is 4. The minimum absolute atomic E-state index is 0.0652. The average Bonchev–Trinajstić information content (AvgIpc) is 2.51. The average molecular weight is 278 g/mol. The fraction of sp³-hybridized carbons (Fsp3) is 0.0625. The topological polar surface area (TPSA) is 84.7 Å². The predicted octanol–water partition coefficient (Wildman–Crippen LogP) is 2.39. The predicted molar refractivity (Wildman–Crippen MR) is 82.7 cm³/mol. The maximum Gasteiger partial charge on any atom is 0.250 e. The minimum atomic E-state index is -0.0652. The number of hydrogen-bond donors (Lipinski definition) is 2. The number of aromatic amines is 1. The number of nitrogens with one attached hydrogen (secondary N) is 1. The van der Waals surface area contributed by atoms with Crippen LogP contribution in [-0.2, 0) is 0 Å². The van der Waals surface area contributed by atoms with Gasteiger partial charge in [0, 0.05) is 23.5 Å². The van der Waals surface area contributed by atoms with E-state index >= 15 is 0 Å².